The van der Waals surface area contributed by atoms with Crippen molar-refractivity contribution >= 4 is 0 Å². The van der Waals surface area contributed by atoms with E-state index in [4.69, 9.17) is 0 Å². The van der Waals surface area contributed by atoms with Crippen LogP contribution in [0.5, 0.6) is 0 Å². The maximum absolute atomic E-state index is 4.49. The molecule has 0 fully saturated rings. The lowest BCUT2D eigenvalue weighted by Gasteiger charge is -2.16. The topological polar surface area (TPSA) is 29.9 Å². The average Bonchev–Trinajstić information content (AvgIpc) is 3.02. The Bertz CT molecular complexity index is 655. The second-order valence-corrected chi connectivity index (χ2v) is 6.26. The number of hydrogen-bond donors (Lipinski definition) is 1. The molecular formula is C18H25N3. The monoisotopic (exact) mass is 283 g/mol. The predicted molar refractivity (Wildman–Crippen MR) is 86.4 cm³/mol. The molecular weight excluding hydrogens is 258 g/mol. The number of aryl methyl sites for hydroxylation is 4. The van der Waals surface area contributed by atoms with Crippen LogP contribution in [0.15, 0.2) is 18.2 Å². The van der Waals surface area contributed by atoms with Crippen LogP contribution in [0.1, 0.15) is 53.0 Å². The standard InChI is InChI=1S/C18H25N3/c1-12(16-9-8-15-6-5-7-17(15)10-16)19-11-18-13(2)20-21(4)14(18)3/h8-10,12,19H,5-7,11H2,1-4H3. The second-order valence-electron chi connectivity index (χ2n) is 6.26. The van der Waals surface area contributed by atoms with Crippen molar-refractivity contribution in [1.82, 2.24) is 15.1 Å². The first-order valence-electron chi connectivity index (χ1n) is 7.90. The molecule has 2 aromatic rings. The quantitative estimate of drug-likeness (QED) is 0.932. The van der Waals surface area contributed by atoms with Crippen LogP contribution in [-0.2, 0) is 26.4 Å². The maximum atomic E-state index is 4.49. The van der Waals surface area contributed by atoms with Gasteiger partial charge in [-0.1, -0.05) is 18.2 Å². The van der Waals surface area contributed by atoms with Gasteiger partial charge >= 0.3 is 0 Å². The Labute approximate surface area is 127 Å². The summed E-state index contributed by atoms with van der Waals surface area (Å²) < 4.78 is 1.96. The summed E-state index contributed by atoms with van der Waals surface area (Å²) in [6.07, 6.45) is 3.82. The Hall–Kier alpha value is -1.61. The van der Waals surface area contributed by atoms with Gasteiger partial charge < -0.3 is 5.32 Å². The van der Waals surface area contributed by atoms with Crippen molar-refractivity contribution < 1.29 is 0 Å². The number of hydrogen-bond acceptors (Lipinski definition) is 2. The number of benzene rings is 1. The third-order valence-electron chi connectivity index (χ3n) is 4.87. The van der Waals surface area contributed by atoms with E-state index < -0.39 is 0 Å². The van der Waals surface area contributed by atoms with Crippen molar-refractivity contribution in [2.75, 3.05) is 0 Å². The van der Waals surface area contributed by atoms with E-state index in [2.05, 4.69) is 49.4 Å². The largest absolute Gasteiger partial charge is 0.306 e. The molecule has 0 saturated carbocycles. The summed E-state index contributed by atoms with van der Waals surface area (Å²) in [6.45, 7) is 7.35. The molecule has 0 bridgehead atoms. The molecule has 1 aromatic heterocycles. The average molecular weight is 283 g/mol. The first-order chi connectivity index (χ1) is 10.1. The molecule has 1 aliphatic carbocycles. The zero-order chi connectivity index (χ0) is 15.0. The van der Waals surface area contributed by atoms with Crippen molar-refractivity contribution in [3.8, 4) is 0 Å². The summed E-state index contributed by atoms with van der Waals surface area (Å²) >= 11 is 0. The number of rotatable bonds is 4. The highest BCUT2D eigenvalue weighted by Crippen LogP contribution is 2.25. The normalized spacial score (nSPS) is 15.2. The van der Waals surface area contributed by atoms with Gasteiger partial charge in [0.25, 0.3) is 0 Å². The summed E-state index contributed by atoms with van der Waals surface area (Å²) in [5.74, 6) is 0. The SMILES string of the molecule is Cc1nn(C)c(C)c1CNC(C)c1ccc2c(c1)CCC2. The van der Waals surface area contributed by atoms with E-state index in [0.717, 1.165) is 12.2 Å². The second kappa shape index (κ2) is 5.64. The van der Waals surface area contributed by atoms with Crippen LogP contribution in [0.25, 0.3) is 0 Å². The van der Waals surface area contributed by atoms with Gasteiger partial charge in [-0.05, 0) is 56.7 Å². The van der Waals surface area contributed by atoms with E-state index in [1.165, 1.54) is 36.1 Å². The van der Waals surface area contributed by atoms with Gasteiger partial charge in [-0.2, -0.15) is 5.10 Å². The molecule has 1 aromatic carbocycles. The molecule has 21 heavy (non-hydrogen) atoms. The van der Waals surface area contributed by atoms with Gasteiger partial charge in [0.2, 0.25) is 0 Å². The van der Waals surface area contributed by atoms with Crippen LogP contribution in [0, 0.1) is 13.8 Å². The molecule has 1 aliphatic rings. The van der Waals surface area contributed by atoms with Crippen LogP contribution < -0.4 is 5.32 Å². The molecule has 1 heterocycles. The molecule has 0 spiro atoms. The van der Waals surface area contributed by atoms with Crippen LogP contribution in [0.3, 0.4) is 0 Å². The fourth-order valence-electron chi connectivity index (χ4n) is 3.31. The summed E-state index contributed by atoms with van der Waals surface area (Å²) in [4.78, 5) is 0. The van der Waals surface area contributed by atoms with Gasteiger partial charge in [0.15, 0.2) is 0 Å². The fourth-order valence-corrected chi connectivity index (χ4v) is 3.31. The molecule has 3 rings (SSSR count). The van der Waals surface area contributed by atoms with Gasteiger partial charge in [-0.3, -0.25) is 4.68 Å². The Morgan fingerprint density at radius 2 is 2.00 bits per heavy atom. The third-order valence-corrected chi connectivity index (χ3v) is 4.87. The first-order valence-corrected chi connectivity index (χ1v) is 7.90. The van der Waals surface area contributed by atoms with E-state index in [9.17, 15) is 0 Å². The van der Waals surface area contributed by atoms with E-state index in [-0.39, 0.29) is 0 Å². The number of aromatic nitrogens is 2. The molecule has 0 radical (unpaired) electrons. The minimum atomic E-state index is 0.370. The summed E-state index contributed by atoms with van der Waals surface area (Å²) in [7, 11) is 2.01. The van der Waals surface area contributed by atoms with Crippen molar-refractivity contribution in [2.45, 2.75) is 52.6 Å². The van der Waals surface area contributed by atoms with E-state index in [0.29, 0.717) is 6.04 Å². The van der Waals surface area contributed by atoms with Gasteiger partial charge in [0.1, 0.15) is 0 Å². The maximum Gasteiger partial charge on any atom is 0.0641 e. The number of nitrogens with zero attached hydrogens (tertiary/aromatic N) is 2. The number of fused-ring (bicyclic) bond motifs is 1. The van der Waals surface area contributed by atoms with Crippen LogP contribution >= 0.6 is 0 Å². The van der Waals surface area contributed by atoms with Crippen molar-refractivity contribution in [3.05, 3.63) is 51.8 Å². The Kier molecular flexibility index (Phi) is 3.85. The van der Waals surface area contributed by atoms with Gasteiger partial charge in [-0.15, -0.1) is 0 Å². The van der Waals surface area contributed by atoms with Crippen molar-refractivity contribution in [1.29, 1.82) is 0 Å². The Morgan fingerprint density at radius 3 is 2.71 bits per heavy atom. The lowest BCUT2D eigenvalue weighted by Crippen LogP contribution is -2.19. The molecule has 3 heteroatoms. The molecule has 0 saturated heterocycles. The number of nitrogens with one attached hydrogen (secondary N) is 1. The van der Waals surface area contributed by atoms with E-state index >= 15 is 0 Å². The molecule has 1 N–H and O–H groups in total. The highest BCUT2D eigenvalue weighted by atomic mass is 15.3. The van der Waals surface area contributed by atoms with E-state index in [1.54, 1.807) is 11.1 Å². The minimum absolute atomic E-state index is 0.370. The Balaban J connectivity index is 1.70. The highest BCUT2D eigenvalue weighted by Gasteiger charge is 2.14. The zero-order valence-corrected chi connectivity index (χ0v) is 13.5. The lowest BCUT2D eigenvalue weighted by atomic mass is 10.0. The molecule has 1 unspecified atom stereocenters. The Morgan fingerprint density at radius 1 is 1.24 bits per heavy atom. The molecule has 0 amide bonds. The molecule has 112 valence electrons. The highest BCUT2D eigenvalue weighted by molar-refractivity contribution is 5.36. The lowest BCUT2D eigenvalue weighted by molar-refractivity contribution is 0.571. The zero-order valence-electron chi connectivity index (χ0n) is 13.5. The van der Waals surface area contributed by atoms with Crippen LogP contribution in [0.2, 0.25) is 0 Å². The van der Waals surface area contributed by atoms with Gasteiger partial charge in [0, 0.05) is 30.9 Å². The third kappa shape index (κ3) is 2.75. The molecule has 3 nitrogen and oxygen atoms in total. The first kappa shape index (κ1) is 14.3. The minimum Gasteiger partial charge on any atom is -0.306 e. The summed E-state index contributed by atoms with van der Waals surface area (Å²) in [6, 6.07) is 7.36. The summed E-state index contributed by atoms with van der Waals surface area (Å²) in [5, 5.41) is 8.13. The summed E-state index contributed by atoms with van der Waals surface area (Å²) in [5.41, 5.74) is 8.20. The van der Waals surface area contributed by atoms with Crippen LogP contribution in [0.4, 0.5) is 0 Å². The van der Waals surface area contributed by atoms with Gasteiger partial charge in [0.05, 0.1) is 5.69 Å². The van der Waals surface area contributed by atoms with E-state index in [1.807, 2.05) is 11.7 Å². The van der Waals surface area contributed by atoms with Crippen LogP contribution in [-0.4, -0.2) is 9.78 Å². The molecule has 0 aliphatic heterocycles. The van der Waals surface area contributed by atoms with Gasteiger partial charge in [-0.25, -0.2) is 0 Å². The predicted octanol–water partition coefficient (Wildman–Crippen LogP) is 3.38. The van der Waals surface area contributed by atoms with Crippen molar-refractivity contribution in [3.63, 3.8) is 0 Å². The molecule has 1 atom stereocenters. The smallest absolute Gasteiger partial charge is 0.0641 e. The fraction of sp³-hybridized carbons (Fsp3) is 0.500. The van der Waals surface area contributed by atoms with Crippen molar-refractivity contribution in [2.24, 2.45) is 7.05 Å².